The monoisotopic (exact) mass is 260 g/mol. The summed E-state index contributed by atoms with van der Waals surface area (Å²) in [5.74, 6) is 0.965. The van der Waals surface area contributed by atoms with E-state index in [2.05, 4.69) is 41.9 Å². The molecule has 1 aromatic carbocycles. The van der Waals surface area contributed by atoms with Gasteiger partial charge in [-0.25, -0.2) is 0 Å². The van der Waals surface area contributed by atoms with Gasteiger partial charge >= 0.3 is 0 Å². The van der Waals surface area contributed by atoms with E-state index in [1.807, 2.05) is 13.1 Å². The molecule has 0 aliphatic heterocycles. The number of nitrogens with one attached hydrogen (secondary N) is 1. The van der Waals surface area contributed by atoms with Crippen molar-refractivity contribution >= 4 is 10.9 Å². The van der Waals surface area contributed by atoms with Crippen LogP contribution in [0.3, 0.4) is 0 Å². The third-order valence-electron chi connectivity index (χ3n) is 3.52. The fourth-order valence-electron chi connectivity index (χ4n) is 2.71. The van der Waals surface area contributed by atoms with Crippen molar-refractivity contribution in [3.05, 3.63) is 30.0 Å². The van der Waals surface area contributed by atoms with Crippen molar-refractivity contribution in [2.75, 3.05) is 20.7 Å². The molecular weight excluding hydrogens is 236 g/mol. The zero-order valence-corrected chi connectivity index (χ0v) is 12.4. The minimum absolute atomic E-state index is 0.467. The molecule has 19 heavy (non-hydrogen) atoms. The number of ether oxygens (including phenoxy) is 1. The molecule has 0 atom stereocenters. The third-order valence-corrected chi connectivity index (χ3v) is 3.52. The molecule has 1 aromatic heterocycles. The molecule has 0 saturated carbocycles. The van der Waals surface area contributed by atoms with Gasteiger partial charge in [-0.15, -0.1) is 0 Å². The van der Waals surface area contributed by atoms with Crippen LogP contribution in [0.4, 0.5) is 0 Å². The number of methoxy groups -OCH3 is 1. The van der Waals surface area contributed by atoms with E-state index in [-0.39, 0.29) is 0 Å². The van der Waals surface area contributed by atoms with E-state index >= 15 is 0 Å². The molecule has 3 nitrogen and oxygen atoms in total. The third kappa shape index (κ3) is 2.76. The topological polar surface area (TPSA) is 26.2 Å². The quantitative estimate of drug-likeness (QED) is 0.806. The molecule has 1 N–H and O–H groups in total. The molecule has 2 aromatic rings. The summed E-state index contributed by atoms with van der Waals surface area (Å²) in [6, 6.07) is 9.03. The zero-order valence-electron chi connectivity index (χ0n) is 12.4. The predicted octanol–water partition coefficient (Wildman–Crippen LogP) is 3.38. The van der Waals surface area contributed by atoms with Crippen LogP contribution in [0.25, 0.3) is 10.9 Å². The van der Waals surface area contributed by atoms with Gasteiger partial charge in [0.1, 0.15) is 5.75 Å². The Balaban J connectivity index is 2.47. The van der Waals surface area contributed by atoms with Crippen LogP contribution >= 0.6 is 0 Å². The standard InChI is InChI=1S/C16H24N2O/c1-12(2)18-13(7-6-10-17-3)11-14-15(18)8-5-9-16(14)19-4/h5,8-9,11-12,17H,6-7,10H2,1-4H3. The lowest BCUT2D eigenvalue weighted by Crippen LogP contribution is -2.11. The number of hydrogen-bond acceptors (Lipinski definition) is 2. The molecule has 0 aliphatic rings. The molecule has 1 heterocycles. The van der Waals surface area contributed by atoms with Crippen molar-refractivity contribution in [3.8, 4) is 5.75 Å². The van der Waals surface area contributed by atoms with Crippen molar-refractivity contribution in [3.63, 3.8) is 0 Å². The molecule has 0 bridgehead atoms. The number of rotatable bonds is 6. The summed E-state index contributed by atoms with van der Waals surface area (Å²) in [5.41, 5.74) is 2.67. The van der Waals surface area contributed by atoms with E-state index in [1.54, 1.807) is 7.11 Å². The van der Waals surface area contributed by atoms with Crippen molar-refractivity contribution in [2.24, 2.45) is 0 Å². The van der Waals surface area contributed by atoms with Crippen LogP contribution in [0.2, 0.25) is 0 Å². The molecule has 0 saturated heterocycles. The van der Waals surface area contributed by atoms with Crippen molar-refractivity contribution in [1.29, 1.82) is 0 Å². The lowest BCUT2D eigenvalue weighted by molar-refractivity contribution is 0.420. The number of nitrogens with zero attached hydrogens (tertiary/aromatic N) is 1. The van der Waals surface area contributed by atoms with Crippen LogP contribution in [0.15, 0.2) is 24.3 Å². The van der Waals surface area contributed by atoms with Crippen LogP contribution in [-0.2, 0) is 6.42 Å². The van der Waals surface area contributed by atoms with Crippen LogP contribution in [0, 0.1) is 0 Å². The van der Waals surface area contributed by atoms with Gasteiger partial charge in [0, 0.05) is 17.1 Å². The molecule has 0 fully saturated rings. The highest BCUT2D eigenvalue weighted by molar-refractivity contribution is 5.87. The number of aromatic nitrogens is 1. The lowest BCUT2D eigenvalue weighted by Gasteiger charge is -2.15. The van der Waals surface area contributed by atoms with E-state index < -0.39 is 0 Å². The average molecular weight is 260 g/mol. The van der Waals surface area contributed by atoms with Gasteiger partial charge in [0.2, 0.25) is 0 Å². The second-order valence-corrected chi connectivity index (χ2v) is 5.20. The van der Waals surface area contributed by atoms with Crippen molar-refractivity contribution in [1.82, 2.24) is 9.88 Å². The largest absolute Gasteiger partial charge is 0.496 e. The first-order chi connectivity index (χ1) is 9.19. The summed E-state index contributed by atoms with van der Waals surface area (Å²) in [4.78, 5) is 0. The predicted molar refractivity (Wildman–Crippen MR) is 81.1 cm³/mol. The summed E-state index contributed by atoms with van der Waals surface area (Å²) < 4.78 is 7.90. The van der Waals surface area contributed by atoms with Crippen LogP contribution in [-0.4, -0.2) is 25.3 Å². The van der Waals surface area contributed by atoms with Crippen molar-refractivity contribution < 1.29 is 4.74 Å². The Kier molecular flexibility index (Phi) is 4.48. The first-order valence-electron chi connectivity index (χ1n) is 7.00. The maximum Gasteiger partial charge on any atom is 0.128 e. The second-order valence-electron chi connectivity index (χ2n) is 5.20. The van der Waals surface area contributed by atoms with E-state index in [1.165, 1.54) is 16.6 Å². The van der Waals surface area contributed by atoms with Gasteiger partial charge in [-0.1, -0.05) is 6.07 Å². The molecule has 0 spiro atoms. The fraction of sp³-hybridized carbons (Fsp3) is 0.500. The van der Waals surface area contributed by atoms with Gasteiger partial charge in [0.15, 0.2) is 0 Å². The van der Waals surface area contributed by atoms with Gasteiger partial charge in [-0.2, -0.15) is 0 Å². The molecule has 3 heteroatoms. The Morgan fingerprint density at radius 1 is 1.32 bits per heavy atom. The summed E-state index contributed by atoms with van der Waals surface area (Å²) in [6.45, 7) is 5.53. The number of benzene rings is 1. The van der Waals surface area contributed by atoms with E-state index in [4.69, 9.17) is 4.74 Å². The van der Waals surface area contributed by atoms with E-state index in [0.29, 0.717) is 6.04 Å². The van der Waals surface area contributed by atoms with E-state index in [9.17, 15) is 0 Å². The first kappa shape index (κ1) is 13.9. The highest BCUT2D eigenvalue weighted by atomic mass is 16.5. The van der Waals surface area contributed by atoms with Gasteiger partial charge < -0.3 is 14.6 Å². The van der Waals surface area contributed by atoms with Gasteiger partial charge in [-0.3, -0.25) is 0 Å². The normalized spacial score (nSPS) is 11.4. The minimum Gasteiger partial charge on any atom is -0.496 e. The highest BCUT2D eigenvalue weighted by Crippen LogP contribution is 2.31. The molecule has 0 radical (unpaired) electrons. The number of aryl methyl sites for hydroxylation is 1. The summed E-state index contributed by atoms with van der Waals surface area (Å²) in [6.07, 6.45) is 2.25. The molecule has 0 unspecified atom stereocenters. The summed E-state index contributed by atoms with van der Waals surface area (Å²) in [5, 5.41) is 4.43. The highest BCUT2D eigenvalue weighted by Gasteiger charge is 2.13. The Labute approximate surface area is 115 Å². The van der Waals surface area contributed by atoms with Crippen LogP contribution < -0.4 is 10.1 Å². The number of fused-ring (bicyclic) bond motifs is 1. The zero-order chi connectivity index (χ0) is 13.8. The Bertz CT molecular complexity index is 543. The molecule has 0 amide bonds. The molecule has 2 rings (SSSR count). The van der Waals surface area contributed by atoms with Crippen molar-refractivity contribution in [2.45, 2.75) is 32.7 Å². The molecule has 0 aliphatic carbocycles. The number of hydrogen-bond donors (Lipinski definition) is 1. The summed E-state index contributed by atoms with van der Waals surface area (Å²) >= 11 is 0. The fourth-order valence-corrected chi connectivity index (χ4v) is 2.71. The Morgan fingerprint density at radius 2 is 2.11 bits per heavy atom. The Morgan fingerprint density at radius 3 is 2.74 bits per heavy atom. The Hall–Kier alpha value is -1.48. The smallest absolute Gasteiger partial charge is 0.128 e. The van der Waals surface area contributed by atoms with Crippen LogP contribution in [0.1, 0.15) is 32.0 Å². The first-order valence-corrected chi connectivity index (χ1v) is 7.00. The van der Waals surface area contributed by atoms with Gasteiger partial charge in [0.05, 0.1) is 12.6 Å². The molecule has 104 valence electrons. The maximum atomic E-state index is 5.48. The molecular formula is C16H24N2O. The van der Waals surface area contributed by atoms with E-state index in [0.717, 1.165) is 25.1 Å². The SMILES string of the molecule is CNCCCc1cc2c(OC)cccc2n1C(C)C. The average Bonchev–Trinajstić information content (AvgIpc) is 2.77. The van der Waals surface area contributed by atoms with Gasteiger partial charge in [-0.05, 0) is 58.5 Å². The summed E-state index contributed by atoms with van der Waals surface area (Å²) in [7, 11) is 3.74. The maximum absolute atomic E-state index is 5.48. The second kappa shape index (κ2) is 6.11. The lowest BCUT2D eigenvalue weighted by atomic mass is 10.2. The van der Waals surface area contributed by atoms with Crippen LogP contribution in [0.5, 0.6) is 5.75 Å². The minimum atomic E-state index is 0.467. The van der Waals surface area contributed by atoms with Gasteiger partial charge in [0.25, 0.3) is 0 Å².